The average molecular weight is 159 g/mol. The van der Waals surface area contributed by atoms with Gasteiger partial charge in [0.1, 0.15) is 0 Å². The van der Waals surface area contributed by atoms with Crippen LogP contribution in [0.5, 0.6) is 0 Å². The number of esters is 1. The molecule has 0 aliphatic carbocycles. The summed E-state index contributed by atoms with van der Waals surface area (Å²) in [7, 11) is 1.34. The zero-order valence-corrected chi connectivity index (χ0v) is 6.54. The summed E-state index contributed by atoms with van der Waals surface area (Å²) in [6, 6.07) is 0. The molecule has 1 aliphatic heterocycles. The highest BCUT2D eigenvalue weighted by Crippen LogP contribution is 2.13. The number of carbonyl (C=O) groups is 1. The van der Waals surface area contributed by atoms with Crippen molar-refractivity contribution in [2.75, 3.05) is 20.2 Å². The van der Waals surface area contributed by atoms with E-state index in [-0.39, 0.29) is 11.9 Å². The van der Waals surface area contributed by atoms with Crippen LogP contribution in [0.1, 0.15) is 6.42 Å². The van der Waals surface area contributed by atoms with Crippen LogP contribution in [0.3, 0.4) is 0 Å². The van der Waals surface area contributed by atoms with Crippen molar-refractivity contribution in [2.45, 2.75) is 12.5 Å². The number of hydrogen-bond acceptors (Lipinski definition) is 4. The Hall–Kier alpha value is -0.610. The van der Waals surface area contributed by atoms with E-state index in [1.165, 1.54) is 7.11 Å². The maximum atomic E-state index is 11.0. The second-order valence-electron chi connectivity index (χ2n) is 2.69. The Bertz CT molecular complexity index is 149. The van der Waals surface area contributed by atoms with Crippen LogP contribution in [-0.2, 0) is 9.53 Å². The van der Waals surface area contributed by atoms with Crippen LogP contribution in [0.15, 0.2) is 0 Å². The van der Waals surface area contributed by atoms with Crippen LogP contribution >= 0.6 is 0 Å². The number of methoxy groups -OCH3 is 1. The van der Waals surface area contributed by atoms with Gasteiger partial charge in [0.15, 0.2) is 0 Å². The minimum Gasteiger partial charge on any atom is -0.469 e. The fraction of sp³-hybridized carbons (Fsp3) is 0.857. The number of hydrogen-bond donors (Lipinski definition) is 2. The molecule has 4 nitrogen and oxygen atoms in total. The summed E-state index contributed by atoms with van der Waals surface area (Å²) >= 11 is 0. The summed E-state index contributed by atoms with van der Waals surface area (Å²) in [5.74, 6) is -0.639. The van der Waals surface area contributed by atoms with E-state index in [1.807, 2.05) is 0 Å². The second-order valence-corrected chi connectivity index (χ2v) is 2.69. The molecule has 11 heavy (non-hydrogen) atoms. The SMILES string of the molecule is COC(=O)[C@H]1CCNC[C@H]1O. The van der Waals surface area contributed by atoms with Gasteiger partial charge in [-0.3, -0.25) is 4.79 Å². The van der Waals surface area contributed by atoms with Gasteiger partial charge in [-0.1, -0.05) is 0 Å². The first-order chi connectivity index (χ1) is 5.25. The van der Waals surface area contributed by atoms with E-state index in [4.69, 9.17) is 0 Å². The van der Waals surface area contributed by atoms with Crippen LogP contribution in [0, 0.1) is 5.92 Å². The van der Waals surface area contributed by atoms with Gasteiger partial charge in [-0.2, -0.15) is 0 Å². The Labute approximate surface area is 65.5 Å². The van der Waals surface area contributed by atoms with Crippen molar-refractivity contribution in [1.82, 2.24) is 5.32 Å². The number of ether oxygens (including phenoxy) is 1. The van der Waals surface area contributed by atoms with Crippen LogP contribution in [0.25, 0.3) is 0 Å². The third kappa shape index (κ3) is 1.91. The Morgan fingerprint density at radius 2 is 2.45 bits per heavy atom. The van der Waals surface area contributed by atoms with E-state index in [0.29, 0.717) is 13.0 Å². The highest BCUT2D eigenvalue weighted by Gasteiger charge is 2.29. The molecule has 0 amide bonds. The van der Waals surface area contributed by atoms with E-state index >= 15 is 0 Å². The van der Waals surface area contributed by atoms with E-state index in [1.54, 1.807) is 0 Å². The third-order valence-corrected chi connectivity index (χ3v) is 1.95. The Morgan fingerprint density at radius 3 is 3.00 bits per heavy atom. The first-order valence-electron chi connectivity index (χ1n) is 3.72. The number of aliphatic hydroxyl groups excluding tert-OH is 1. The smallest absolute Gasteiger partial charge is 0.311 e. The van der Waals surface area contributed by atoms with E-state index < -0.39 is 6.10 Å². The molecular weight excluding hydrogens is 146 g/mol. The molecule has 0 bridgehead atoms. The second kappa shape index (κ2) is 3.69. The molecule has 1 aliphatic rings. The van der Waals surface area contributed by atoms with Gasteiger partial charge in [-0.15, -0.1) is 0 Å². The summed E-state index contributed by atoms with van der Waals surface area (Å²) in [6.45, 7) is 1.26. The maximum absolute atomic E-state index is 11.0. The van der Waals surface area contributed by atoms with Gasteiger partial charge in [-0.05, 0) is 13.0 Å². The molecule has 0 unspecified atom stereocenters. The van der Waals surface area contributed by atoms with Gasteiger partial charge in [0.2, 0.25) is 0 Å². The normalized spacial score (nSPS) is 31.5. The van der Waals surface area contributed by atoms with E-state index in [2.05, 4.69) is 10.1 Å². The number of carbonyl (C=O) groups excluding carboxylic acids is 1. The fourth-order valence-corrected chi connectivity index (χ4v) is 1.27. The standard InChI is InChI=1S/C7H13NO3/c1-11-7(10)5-2-3-8-4-6(5)9/h5-6,8-9H,2-4H2,1H3/t5-,6+/m0/s1. The molecule has 1 heterocycles. The predicted molar refractivity (Wildman–Crippen MR) is 39.0 cm³/mol. The third-order valence-electron chi connectivity index (χ3n) is 1.95. The molecule has 0 radical (unpaired) electrons. The molecule has 0 aromatic heterocycles. The van der Waals surface area contributed by atoms with Crippen molar-refractivity contribution in [3.63, 3.8) is 0 Å². The fourth-order valence-electron chi connectivity index (χ4n) is 1.27. The molecule has 2 atom stereocenters. The molecule has 1 fully saturated rings. The van der Waals surface area contributed by atoms with Crippen molar-refractivity contribution < 1.29 is 14.6 Å². The van der Waals surface area contributed by atoms with Gasteiger partial charge in [0, 0.05) is 6.54 Å². The lowest BCUT2D eigenvalue weighted by atomic mass is 9.95. The molecule has 0 aromatic carbocycles. The lowest BCUT2D eigenvalue weighted by Crippen LogP contribution is -2.44. The number of rotatable bonds is 1. The Kier molecular flexibility index (Phi) is 2.84. The van der Waals surface area contributed by atoms with Crippen LogP contribution in [0.4, 0.5) is 0 Å². The number of piperidine rings is 1. The Balaban J connectivity index is 2.47. The zero-order chi connectivity index (χ0) is 8.27. The monoisotopic (exact) mass is 159 g/mol. The van der Waals surface area contributed by atoms with Gasteiger partial charge >= 0.3 is 5.97 Å². The molecule has 0 saturated carbocycles. The highest BCUT2D eigenvalue weighted by molar-refractivity contribution is 5.73. The summed E-state index contributed by atoms with van der Waals surface area (Å²) in [4.78, 5) is 11.0. The maximum Gasteiger partial charge on any atom is 0.311 e. The van der Waals surface area contributed by atoms with Crippen LogP contribution < -0.4 is 5.32 Å². The van der Waals surface area contributed by atoms with Gasteiger partial charge in [0.05, 0.1) is 19.1 Å². The van der Waals surface area contributed by atoms with Crippen LogP contribution in [0.2, 0.25) is 0 Å². The first kappa shape index (κ1) is 8.49. The van der Waals surface area contributed by atoms with Crippen molar-refractivity contribution in [1.29, 1.82) is 0 Å². The topological polar surface area (TPSA) is 58.6 Å². The molecule has 64 valence electrons. The van der Waals surface area contributed by atoms with Gasteiger partial charge in [-0.25, -0.2) is 0 Å². The average Bonchev–Trinajstić information content (AvgIpc) is 2.04. The van der Waals surface area contributed by atoms with Gasteiger partial charge in [0.25, 0.3) is 0 Å². The first-order valence-corrected chi connectivity index (χ1v) is 3.72. The molecular formula is C7H13NO3. The Morgan fingerprint density at radius 1 is 1.73 bits per heavy atom. The molecule has 1 saturated heterocycles. The van der Waals surface area contributed by atoms with E-state index in [0.717, 1.165) is 6.54 Å². The summed E-state index contributed by atoms with van der Waals surface area (Å²) in [6.07, 6.45) is 0.0737. The summed E-state index contributed by atoms with van der Waals surface area (Å²) < 4.78 is 4.53. The summed E-state index contributed by atoms with van der Waals surface area (Å²) in [5, 5.41) is 12.3. The number of β-amino-alcohol motifs (C(OH)–C–C–N with tert-alkyl or cyclic N) is 1. The highest BCUT2D eigenvalue weighted by atomic mass is 16.5. The lowest BCUT2D eigenvalue weighted by molar-refractivity contribution is -0.150. The van der Waals surface area contributed by atoms with Crippen molar-refractivity contribution in [2.24, 2.45) is 5.92 Å². The molecule has 0 aromatic rings. The minimum atomic E-state index is -0.587. The van der Waals surface area contributed by atoms with Crippen molar-refractivity contribution in [3.8, 4) is 0 Å². The van der Waals surface area contributed by atoms with Gasteiger partial charge < -0.3 is 15.2 Å². The van der Waals surface area contributed by atoms with Crippen molar-refractivity contribution in [3.05, 3.63) is 0 Å². The lowest BCUT2D eigenvalue weighted by Gasteiger charge is -2.25. The largest absolute Gasteiger partial charge is 0.469 e. The predicted octanol–water partition coefficient (Wildman–Crippen LogP) is -0.870. The molecule has 0 spiro atoms. The van der Waals surface area contributed by atoms with E-state index in [9.17, 15) is 9.90 Å². The molecule has 1 rings (SSSR count). The molecule has 2 N–H and O–H groups in total. The summed E-state index contributed by atoms with van der Waals surface area (Å²) in [5.41, 5.74) is 0. The number of aliphatic hydroxyl groups is 1. The number of nitrogens with one attached hydrogen (secondary N) is 1. The van der Waals surface area contributed by atoms with Crippen LogP contribution in [-0.4, -0.2) is 37.4 Å². The minimum absolute atomic E-state index is 0.306. The van der Waals surface area contributed by atoms with Crippen molar-refractivity contribution >= 4 is 5.97 Å². The zero-order valence-electron chi connectivity index (χ0n) is 6.54. The quantitative estimate of drug-likeness (QED) is 0.488. The molecule has 4 heteroatoms.